The molecule has 0 radical (unpaired) electrons. The minimum atomic E-state index is 0.0703. The van der Waals surface area contributed by atoms with E-state index in [1.54, 1.807) is 0 Å². The molecule has 2 saturated heterocycles. The van der Waals surface area contributed by atoms with E-state index in [2.05, 4.69) is 59.4 Å². The lowest BCUT2D eigenvalue weighted by Gasteiger charge is -2.43. The average Bonchev–Trinajstić information content (AvgIpc) is 3.15. The molecular formula is C24H42N4O2. The van der Waals surface area contributed by atoms with Crippen molar-refractivity contribution in [1.82, 2.24) is 15.5 Å². The van der Waals surface area contributed by atoms with Gasteiger partial charge in [-0.15, -0.1) is 0 Å². The maximum Gasteiger partial charge on any atom is 0.225 e. The van der Waals surface area contributed by atoms with Gasteiger partial charge >= 0.3 is 0 Å². The number of ether oxygens (including phenoxy) is 1. The first kappa shape index (κ1) is 24.8. The van der Waals surface area contributed by atoms with Crippen molar-refractivity contribution in [3.8, 4) is 0 Å². The molecule has 2 aliphatic heterocycles. The highest BCUT2D eigenvalue weighted by Crippen LogP contribution is 2.40. The zero-order chi connectivity index (χ0) is 21.8. The molecule has 2 heterocycles. The number of amides is 1. The minimum Gasteiger partial charge on any atom is -0.379 e. The van der Waals surface area contributed by atoms with Crippen LogP contribution in [-0.2, 0) is 16.1 Å². The Labute approximate surface area is 182 Å². The molecule has 0 aromatic heterocycles. The van der Waals surface area contributed by atoms with Crippen molar-refractivity contribution in [2.24, 2.45) is 23.0 Å². The molecule has 2 unspecified atom stereocenters. The number of nitrogens with zero attached hydrogens (tertiary/aromatic N) is 1. The highest BCUT2D eigenvalue weighted by molar-refractivity contribution is 5.80. The molecule has 3 rings (SSSR count). The quantitative estimate of drug-likeness (QED) is 0.480. The maximum absolute atomic E-state index is 12.9. The third-order valence-corrected chi connectivity index (χ3v) is 6.41. The van der Waals surface area contributed by atoms with Gasteiger partial charge in [0.1, 0.15) is 0 Å². The zero-order valence-electron chi connectivity index (χ0n) is 19.2. The molecule has 6 heteroatoms. The van der Waals surface area contributed by atoms with Gasteiger partial charge in [-0.1, -0.05) is 57.0 Å². The highest BCUT2D eigenvalue weighted by atomic mass is 16.5. The second-order valence-electron chi connectivity index (χ2n) is 8.60. The van der Waals surface area contributed by atoms with E-state index in [9.17, 15) is 4.79 Å². The number of nitrogens with two attached hydrogens (primary N) is 1. The van der Waals surface area contributed by atoms with Crippen LogP contribution in [0.3, 0.4) is 0 Å². The molecule has 1 aromatic carbocycles. The fraction of sp³-hybridized carbons (Fsp3) is 0.708. The first-order valence-electron chi connectivity index (χ1n) is 11.6. The number of rotatable bonds is 11. The Morgan fingerprint density at radius 2 is 2.03 bits per heavy atom. The Morgan fingerprint density at radius 3 is 2.63 bits per heavy atom. The lowest BCUT2D eigenvalue weighted by atomic mass is 9.72. The number of carbonyl (C=O) groups excluding carboxylic acids is 1. The summed E-state index contributed by atoms with van der Waals surface area (Å²) in [6, 6.07) is 10.5. The predicted molar refractivity (Wildman–Crippen MR) is 123 cm³/mol. The van der Waals surface area contributed by atoms with Crippen molar-refractivity contribution in [3.63, 3.8) is 0 Å². The van der Waals surface area contributed by atoms with Crippen LogP contribution in [0.5, 0.6) is 0 Å². The van der Waals surface area contributed by atoms with E-state index < -0.39 is 0 Å². The lowest BCUT2D eigenvalue weighted by Crippen LogP contribution is -2.60. The Kier molecular flexibility index (Phi) is 10.8. The van der Waals surface area contributed by atoms with Gasteiger partial charge < -0.3 is 21.1 Å². The Bertz CT molecular complexity index is 606. The Hall–Kier alpha value is -1.47. The van der Waals surface area contributed by atoms with Crippen LogP contribution in [0.25, 0.3) is 0 Å². The van der Waals surface area contributed by atoms with Crippen LogP contribution in [0, 0.1) is 17.3 Å². The Balaban J connectivity index is 0.00000155. The van der Waals surface area contributed by atoms with Gasteiger partial charge in [-0.2, -0.15) is 0 Å². The molecule has 0 aliphatic carbocycles. The summed E-state index contributed by atoms with van der Waals surface area (Å²) in [5, 5.41) is 6.53. The van der Waals surface area contributed by atoms with Crippen LogP contribution < -0.4 is 16.4 Å². The van der Waals surface area contributed by atoms with Gasteiger partial charge in [-0.25, -0.2) is 0 Å². The number of hydrogen-bond donors (Lipinski definition) is 3. The number of likely N-dealkylation sites (tertiary alicyclic amines) is 1. The minimum absolute atomic E-state index is 0.0703. The largest absolute Gasteiger partial charge is 0.379 e. The van der Waals surface area contributed by atoms with Crippen LogP contribution in [0.4, 0.5) is 0 Å². The second-order valence-corrected chi connectivity index (χ2v) is 8.60. The molecule has 1 amide bonds. The van der Waals surface area contributed by atoms with Crippen molar-refractivity contribution < 1.29 is 9.53 Å². The van der Waals surface area contributed by atoms with Gasteiger partial charge in [0.2, 0.25) is 5.91 Å². The number of nitrogens with one attached hydrogen (secondary N) is 2. The average molecular weight is 419 g/mol. The fourth-order valence-electron chi connectivity index (χ4n) is 4.63. The molecule has 0 saturated carbocycles. The van der Waals surface area contributed by atoms with Gasteiger partial charge in [-0.05, 0) is 24.9 Å². The molecule has 4 N–H and O–H groups in total. The first-order valence-corrected chi connectivity index (χ1v) is 11.6. The molecule has 170 valence electrons. The highest BCUT2D eigenvalue weighted by Gasteiger charge is 2.53. The van der Waals surface area contributed by atoms with Crippen molar-refractivity contribution in [1.29, 1.82) is 0 Å². The van der Waals surface area contributed by atoms with Crippen LogP contribution in [0.15, 0.2) is 30.3 Å². The van der Waals surface area contributed by atoms with Crippen LogP contribution >= 0.6 is 0 Å². The molecule has 6 nitrogen and oxygen atoms in total. The third-order valence-electron chi connectivity index (χ3n) is 6.41. The van der Waals surface area contributed by atoms with E-state index in [0.29, 0.717) is 19.1 Å². The maximum atomic E-state index is 12.9. The topological polar surface area (TPSA) is 79.6 Å². The van der Waals surface area contributed by atoms with Crippen molar-refractivity contribution in [2.75, 3.05) is 53.0 Å². The van der Waals surface area contributed by atoms with Crippen molar-refractivity contribution in [2.45, 2.75) is 39.7 Å². The molecule has 2 atom stereocenters. The standard InChI is InChI=1S/C23H37N3O2.CH5N/c1-3-8-19(4-2)15-28-12-11-25-22(27)21-14-26(18-23(21)16-24-17-23)13-20-9-6-5-7-10-20;1-2/h5-7,9-10,19,21,24H,3-4,8,11-18H2,1-2H3,(H,25,27);2H2,1H3. The summed E-state index contributed by atoms with van der Waals surface area (Å²) in [6.07, 6.45) is 3.59. The van der Waals surface area contributed by atoms with E-state index in [-0.39, 0.29) is 17.2 Å². The van der Waals surface area contributed by atoms with E-state index >= 15 is 0 Å². The summed E-state index contributed by atoms with van der Waals surface area (Å²) in [7, 11) is 1.50. The van der Waals surface area contributed by atoms with Gasteiger partial charge in [0.25, 0.3) is 0 Å². The first-order chi connectivity index (χ1) is 14.7. The fourth-order valence-corrected chi connectivity index (χ4v) is 4.63. The predicted octanol–water partition coefficient (Wildman–Crippen LogP) is 2.24. The molecule has 1 aromatic rings. The Morgan fingerprint density at radius 1 is 1.30 bits per heavy atom. The summed E-state index contributed by atoms with van der Waals surface area (Å²) in [4.78, 5) is 15.3. The monoisotopic (exact) mass is 418 g/mol. The molecule has 0 bridgehead atoms. The van der Waals surface area contributed by atoms with Gasteiger partial charge in [0.05, 0.1) is 12.5 Å². The van der Waals surface area contributed by atoms with E-state index in [1.165, 1.54) is 25.5 Å². The molecule has 1 spiro atoms. The SMILES string of the molecule is CCCC(CC)COCCNC(=O)C1CN(Cc2ccccc2)CC12CNC2.CN. The summed E-state index contributed by atoms with van der Waals surface area (Å²) < 4.78 is 5.81. The molecule has 2 fully saturated rings. The van der Waals surface area contributed by atoms with Crippen molar-refractivity contribution in [3.05, 3.63) is 35.9 Å². The van der Waals surface area contributed by atoms with Gasteiger partial charge in [0, 0.05) is 51.3 Å². The molecular weight excluding hydrogens is 376 g/mol. The second kappa shape index (κ2) is 13.1. The number of carbonyl (C=O) groups is 1. The van der Waals surface area contributed by atoms with Crippen LogP contribution in [-0.4, -0.2) is 63.8 Å². The van der Waals surface area contributed by atoms with Gasteiger partial charge in [0.15, 0.2) is 0 Å². The summed E-state index contributed by atoms with van der Waals surface area (Å²) in [5.41, 5.74) is 5.92. The van der Waals surface area contributed by atoms with Crippen molar-refractivity contribution >= 4 is 5.91 Å². The normalized spacial score (nSPS) is 20.9. The van der Waals surface area contributed by atoms with Crippen LogP contribution in [0.2, 0.25) is 0 Å². The number of hydrogen-bond acceptors (Lipinski definition) is 5. The van der Waals surface area contributed by atoms with E-state index in [1.807, 2.05) is 6.07 Å². The van der Waals surface area contributed by atoms with E-state index in [4.69, 9.17) is 4.74 Å². The lowest BCUT2D eigenvalue weighted by molar-refractivity contribution is -0.129. The van der Waals surface area contributed by atoms with Gasteiger partial charge in [-0.3, -0.25) is 9.69 Å². The summed E-state index contributed by atoms with van der Waals surface area (Å²) in [5.74, 6) is 0.911. The van der Waals surface area contributed by atoms with Crippen LogP contribution in [0.1, 0.15) is 38.7 Å². The number of benzene rings is 1. The summed E-state index contributed by atoms with van der Waals surface area (Å²) >= 11 is 0. The third kappa shape index (κ3) is 6.77. The van der Waals surface area contributed by atoms with E-state index in [0.717, 1.165) is 45.8 Å². The molecule has 2 aliphatic rings. The smallest absolute Gasteiger partial charge is 0.225 e. The summed E-state index contributed by atoms with van der Waals surface area (Å²) in [6.45, 7) is 11.1. The molecule has 30 heavy (non-hydrogen) atoms. The zero-order valence-corrected chi connectivity index (χ0v) is 19.2.